The van der Waals surface area contributed by atoms with Gasteiger partial charge in [0.15, 0.2) is 0 Å². The average molecular weight is 324 g/mol. The lowest BCUT2D eigenvalue weighted by molar-refractivity contribution is 0.204. The highest BCUT2D eigenvalue weighted by atomic mass is 32.1. The van der Waals surface area contributed by atoms with Crippen molar-refractivity contribution in [3.8, 4) is 0 Å². The van der Waals surface area contributed by atoms with Crippen LogP contribution in [-0.4, -0.2) is 15.7 Å². The molecule has 0 saturated heterocycles. The van der Waals surface area contributed by atoms with Gasteiger partial charge in [-0.1, -0.05) is 52.9 Å². The molecular formula is C20H30B2S. The van der Waals surface area contributed by atoms with Crippen molar-refractivity contribution in [1.29, 1.82) is 0 Å². The van der Waals surface area contributed by atoms with Crippen molar-refractivity contribution in [3.05, 3.63) is 22.3 Å². The quantitative estimate of drug-likeness (QED) is 0.564. The van der Waals surface area contributed by atoms with Gasteiger partial charge in [-0.2, -0.15) is 0 Å². The largest absolute Gasteiger partial charge is 0.144 e. The van der Waals surface area contributed by atoms with Crippen molar-refractivity contribution in [2.24, 2.45) is 5.41 Å². The van der Waals surface area contributed by atoms with Crippen LogP contribution in [0.1, 0.15) is 82.6 Å². The van der Waals surface area contributed by atoms with Gasteiger partial charge in [-0.3, -0.25) is 0 Å². The summed E-state index contributed by atoms with van der Waals surface area (Å²) in [6, 6.07) is 0. The molecule has 4 radical (unpaired) electrons. The van der Waals surface area contributed by atoms with Crippen molar-refractivity contribution in [1.82, 2.24) is 0 Å². The normalized spacial score (nSPS) is 20.5. The van der Waals surface area contributed by atoms with Crippen LogP contribution in [0.3, 0.4) is 0 Å². The zero-order valence-corrected chi connectivity index (χ0v) is 16.8. The lowest BCUT2D eigenvalue weighted by atomic mass is 9.51. The Balaban J connectivity index is 2.62. The van der Waals surface area contributed by atoms with Crippen LogP contribution in [0.4, 0.5) is 0 Å². The van der Waals surface area contributed by atoms with Gasteiger partial charge >= 0.3 is 0 Å². The van der Waals surface area contributed by atoms with Crippen LogP contribution < -0.4 is 5.46 Å². The summed E-state index contributed by atoms with van der Waals surface area (Å²) >= 11 is 4.83. The van der Waals surface area contributed by atoms with Gasteiger partial charge in [0.2, 0.25) is 0 Å². The Morgan fingerprint density at radius 2 is 1.43 bits per heavy atom. The van der Waals surface area contributed by atoms with Crippen molar-refractivity contribution in [2.45, 2.75) is 89.8 Å². The van der Waals surface area contributed by atoms with Gasteiger partial charge in [-0.05, 0) is 65.1 Å². The Morgan fingerprint density at radius 3 is 1.87 bits per heavy atom. The number of rotatable bonds is 1. The molecule has 0 spiro atoms. The predicted molar refractivity (Wildman–Crippen MR) is 107 cm³/mol. The molecule has 3 heteroatoms. The summed E-state index contributed by atoms with van der Waals surface area (Å²) < 4.78 is 0. The fourth-order valence-corrected chi connectivity index (χ4v) is 4.71. The lowest BCUT2D eigenvalue weighted by Crippen LogP contribution is -2.39. The van der Waals surface area contributed by atoms with E-state index in [1.165, 1.54) is 22.3 Å². The van der Waals surface area contributed by atoms with Gasteiger partial charge in [0.05, 0.1) is 7.85 Å². The van der Waals surface area contributed by atoms with E-state index in [1.807, 2.05) is 0 Å². The molecule has 0 atom stereocenters. The standard InChI is InChI=1S/C20H30B2S/c1-12-13(2)15(17(23)16(21)14(12)18(3,4)5)20(22)10-8-19(6,7)9-11-20/h23H,8-11H2,1-7H3. The Bertz CT molecular complexity index is 585. The summed E-state index contributed by atoms with van der Waals surface area (Å²) in [5.41, 5.74) is 6.15. The Morgan fingerprint density at radius 1 is 0.957 bits per heavy atom. The van der Waals surface area contributed by atoms with E-state index in [4.69, 9.17) is 28.3 Å². The Hall–Kier alpha value is -0.300. The Labute approximate surface area is 151 Å². The van der Waals surface area contributed by atoms with Crippen LogP contribution in [0.15, 0.2) is 4.90 Å². The zero-order valence-electron chi connectivity index (χ0n) is 15.9. The van der Waals surface area contributed by atoms with Gasteiger partial charge in [0.25, 0.3) is 0 Å². The molecule has 0 aliphatic heterocycles. The first-order valence-electron chi connectivity index (χ1n) is 8.72. The van der Waals surface area contributed by atoms with Gasteiger partial charge in [0.1, 0.15) is 7.85 Å². The monoisotopic (exact) mass is 324 g/mol. The van der Waals surface area contributed by atoms with Crippen LogP contribution in [-0.2, 0) is 10.7 Å². The van der Waals surface area contributed by atoms with E-state index in [2.05, 4.69) is 48.5 Å². The predicted octanol–water partition coefficient (Wildman–Crippen LogP) is 4.65. The molecular weight excluding hydrogens is 294 g/mol. The molecule has 0 N–H and O–H groups in total. The number of thiol groups is 1. The fraction of sp³-hybridized carbons (Fsp3) is 0.700. The van der Waals surface area contributed by atoms with Crippen LogP contribution >= 0.6 is 12.6 Å². The number of hydrogen-bond acceptors (Lipinski definition) is 1. The molecule has 122 valence electrons. The van der Waals surface area contributed by atoms with E-state index < -0.39 is 0 Å². The summed E-state index contributed by atoms with van der Waals surface area (Å²) in [4.78, 5) is 0.903. The minimum atomic E-state index is -0.300. The van der Waals surface area contributed by atoms with Crippen molar-refractivity contribution in [2.75, 3.05) is 0 Å². The molecule has 0 unspecified atom stereocenters. The molecule has 2 rings (SSSR count). The lowest BCUT2D eigenvalue weighted by Gasteiger charge is -2.44. The Kier molecular flexibility index (Phi) is 4.88. The molecule has 1 aromatic carbocycles. The molecule has 0 amide bonds. The molecule has 0 bridgehead atoms. The second-order valence-electron chi connectivity index (χ2n) is 9.33. The first-order chi connectivity index (χ1) is 10.3. The highest BCUT2D eigenvalue weighted by Crippen LogP contribution is 2.48. The third kappa shape index (κ3) is 3.41. The molecule has 1 fully saturated rings. The zero-order chi connectivity index (χ0) is 17.8. The second kappa shape index (κ2) is 5.90. The highest BCUT2D eigenvalue weighted by Gasteiger charge is 2.38. The van der Waals surface area contributed by atoms with E-state index in [0.717, 1.165) is 36.0 Å². The van der Waals surface area contributed by atoms with Crippen LogP contribution in [0, 0.1) is 19.3 Å². The van der Waals surface area contributed by atoms with E-state index in [0.29, 0.717) is 5.41 Å². The first kappa shape index (κ1) is 19.0. The molecule has 0 nitrogen and oxygen atoms in total. The number of hydrogen-bond donors (Lipinski definition) is 1. The van der Waals surface area contributed by atoms with Crippen LogP contribution in [0.5, 0.6) is 0 Å². The summed E-state index contributed by atoms with van der Waals surface area (Å²) in [7, 11) is 13.4. The summed E-state index contributed by atoms with van der Waals surface area (Å²) in [5, 5.41) is -0.300. The minimum absolute atomic E-state index is 0.00521. The maximum atomic E-state index is 6.90. The third-order valence-corrected chi connectivity index (χ3v) is 6.28. The summed E-state index contributed by atoms with van der Waals surface area (Å²) in [6.07, 6.45) is 4.30. The maximum Gasteiger partial charge on any atom is 0.115 e. The van der Waals surface area contributed by atoms with Crippen LogP contribution in [0.25, 0.3) is 0 Å². The van der Waals surface area contributed by atoms with Gasteiger partial charge in [-0.25, -0.2) is 0 Å². The summed E-state index contributed by atoms with van der Waals surface area (Å²) in [6.45, 7) is 15.7. The second-order valence-corrected chi connectivity index (χ2v) is 9.78. The highest BCUT2D eigenvalue weighted by molar-refractivity contribution is 7.80. The molecule has 1 aliphatic rings. The molecule has 1 aliphatic carbocycles. The van der Waals surface area contributed by atoms with Crippen molar-refractivity contribution < 1.29 is 0 Å². The van der Waals surface area contributed by atoms with E-state index in [1.54, 1.807) is 0 Å². The van der Waals surface area contributed by atoms with E-state index in [-0.39, 0.29) is 10.7 Å². The maximum absolute atomic E-state index is 6.90. The average Bonchev–Trinajstić information content (AvgIpc) is 2.39. The van der Waals surface area contributed by atoms with Crippen LogP contribution in [0.2, 0.25) is 0 Å². The molecule has 0 aromatic heterocycles. The van der Waals surface area contributed by atoms with E-state index in [9.17, 15) is 0 Å². The topological polar surface area (TPSA) is 0 Å². The van der Waals surface area contributed by atoms with E-state index >= 15 is 0 Å². The minimum Gasteiger partial charge on any atom is -0.144 e. The summed E-state index contributed by atoms with van der Waals surface area (Å²) in [5.74, 6) is 0. The molecule has 1 saturated carbocycles. The first-order valence-corrected chi connectivity index (χ1v) is 9.16. The van der Waals surface area contributed by atoms with Crippen molar-refractivity contribution in [3.63, 3.8) is 0 Å². The fourth-order valence-electron chi connectivity index (χ4n) is 4.21. The van der Waals surface area contributed by atoms with Gasteiger partial charge in [-0.15, -0.1) is 12.6 Å². The smallest absolute Gasteiger partial charge is 0.115 e. The molecule has 0 heterocycles. The molecule has 1 aromatic rings. The van der Waals surface area contributed by atoms with Gasteiger partial charge < -0.3 is 0 Å². The molecule has 23 heavy (non-hydrogen) atoms. The van der Waals surface area contributed by atoms with Gasteiger partial charge in [0, 0.05) is 4.90 Å². The van der Waals surface area contributed by atoms with Crippen molar-refractivity contribution >= 4 is 33.8 Å². The third-order valence-electron chi connectivity index (χ3n) is 5.82. The SMILES string of the molecule is [B]c1c(S)c(C2([B])CCC(C)(C)CC2)c(C)c(C)c1C(C)(C)C. The number of benzene rings is 1.